The number of ether oxygens (including phenoxy) is 2. The van der Waals surface area contributed by atoms with Crippen LogP contribution in [0.15, 0.2) is 83.3 Å². The van der Waals surface area contributed by atoms with Gasteiger partial charge in [-0.05, 0) is 109 Å². The molecule has 1 fully saturated rings. The van der Waals surface area contributed by atoms with Gasteiger partial charge in [0.15, 0.2) is 17.7 Å². The number of allylic oxidation sites excluding steroid dienone is 7. The van der Waals surface area contributed by atoms with E-state index in [1.54, 1.807) is 0 Å². The summed E-state index contributed by atoms with van der Waals surface area (Å²) in [6.07, 6.45) is 9.55. The van der Waals surface area contributed by atoms with E-state index >= 15 is 0 Å². The van der Waals surface area contributed by atoms with Crippen LogP contribution in [-0.4, -0.2) is 119 Å². The Morgan fingerprint density at radius 1 is 0.750 bits per heavy atom. The summed E-state index contributed by atoms with van der Waals surface area (Å²) in [5.41, 5.74) is 10.6. The van der Waals surface area contributed by atoms with E-state index in [9.17, 15) is 46.4 Å². The van der Waals surface area contributed by atoms with Crippen molar-refractivity contribution in [1.29, 1.82) is 0 Å². The molecule has 15 radical (unpaired) electrons. The van der Waals surface area contributed by atoms with Gasteiger partial charge in [-0.3, -0.25) is 0 Å². The fourth-order valence-corrected chi connectivity index (χ4v) is 13.5. The van der Waals surface area contributed by atoms with Crippen molar-refractivity contribution in [2.75, 3.05) is 36.1 Å². The van der Waals surface area contributed by atoms with Crippen LogP contribution in [-0.2, 0) is 538 Å². The molecule has 1 saturated heterocycles. The first kappa shape index (κ1) is 120. The molecule has 3 aromatic carbocycles. The third-order valence-corrected chi connectivity index (χ3v) is 17.8. The van der Waals surface area contributed by atoms with Crippen LogP contribution in [0, 0.1) is 19.4 Å². The zero-order valence-electron chi connectivity index (χ0n) is 52.1. The Kier molecular flexibility index (Phi) is 75.7. The van der Waals surface area contributed by atoms with Crippen LogP contribution in [0.1, 0.15) is 133 Å². The van der Waals surface area contributed by atoms with Gasteiger partial charge in [-0.1, -0.05) is 65.3 Å². The van der Waals surface area contributed by atoms with E-state index in [0.717, 1.165) is 87.9 Å². The topological polar surface area (TPSA) is 220 Å². The average Bonchev–Trinajstić information content (AvgIpc) is 3.77. The maximum Gasteiger partial charge on any atom is 1.00 e. The predicted molar refractivity (Wildman–Crippen MR) is 276 cm³/mol. The minimum atomic E-state index is -4.48. The molecule has 6 atom stereocenters. The number of aliphatic hydroxyl groups excluding tert-OH is 4. The second kappa shape index (κ2) is 55.7. The first-order valence-electron chi connectivity index (χ1n) is 25.8. The third kappa shape index (κ3) is 29.2. The standard InChI is InChI=1S/C56H73N2O12S2.Na.15Y/c1-7-55(8-2)45(57(29-13-31-71(63,64)65)42-26-21-40-33-35(5)19-24-41(40)48(42)55)27-22-38-17-12-18-39(53(38)69-34-44-50(59)51(60)52(61)54(62)70-44)23-28-46-56(9-3,10-4)49-43(58(46)30-14-32-72(66,67)68)25-20-37-16-11-15-36(6)47(37)49;;;;;;;;;;;;;;;;/h11,19-23,25-28,33,36,44,50-52,54,59-62H,7-10,12-18,29-32,34H2,1-6H3,(H,63,64,65)(H,66,67,68);;;;;;;;;;;;;;;;/q-1;+1;;;;;;;;;;;;;;;/p-2. The van der Waals surface area contributed by atoms with E-state index in [1.807, 2.05) is 19.1 Å². The molecule has 32 heteroatoms. The Labute approximate surface area is 925 Å². The Morgan fingerprint density at radius 2 is 1.33 bits per heavy atom. The predicted octanol–water partition coefficient (Wildman–Crippen LogP) is 4.39. The largest absolute Gasteiger partial charge is 1.00 e. The number of hydrogen-bond donors (Lipinski definition) is 4. The quantitative estimate of drug-likeness (QED) is 0.0602. The number of fused-ring (bicyclic) bond motifs is 6. The molecule has 6 unspecified atom stereocenters. The second-order valence-electron chi connectivity index (χ2n) is 20.4. The second-order valence-corrected chi connectivity index (χ2v) is 23.4. The summed E-state index contributed by atoms with van der Waals surface area (Å²) in [5, 5.41) is 44.5. The van der Waals surface area contributed by atoms with Crippen LogP contribution in [0.2, 0.25) is 0 Å². The summed E-state index contributed by atoms with van der Waals surface area (Å²) < 4.78 is 86.1. The van der Waals surface area contributed by atoms with E-state index < -0.39 is 73.3 Å². The SMILES string of the molecule is CCC1(CC)C(/C=C/C2=C(OCC3OC(O)C(O)C(O)C3O)C(=C/C=C3/N(CCCS(=O)(=O)[O-])c4ccc5c(c4C3(CC)CC)C(C)C[CH-]C5)/CCC2)=[N+](CCCS(=O)(=O)[O-])c2ccc3cc(C)c[c-]c3c21.[Na+].[Y].[Y].[Y].[Y].[Y].[Y].[Y].[Y].[Y].[Y].[Y].[Y].[Y].[Y].[Y]. The minimum absolute atomic E-state index is 0. The van der Waals surface area contributed by atoms with Gasteiger partial charge in [0.1, 0.15) is 43.3 Å². The molecule has 0 amide bonds. The number of nitrogens with zero attached hydrogens (tertiary/aromatic N) is 2. The third-order valence-electron chi connectivity index (χ3n) is 16.2. The average molecular weight is 2380 g/mol. The summed E-state index contributed by atoms with van der Waals surface area (Å²) >= 11 is 0. The Morgan fingerprint density at radius 3 is 1.90 bits per heavy atom. The van der Waals surface area contributed by atoms with Gasteiger partial charge in [-0.25, -0.2) is 21.4 Å². The van der Waals surface area contributed by atoms with E-state index in [4.69, 9.17) is 9.47 Å². The van der Waals surface area contributed by atoms with Crippen molar-refractivity contribution in [1.82, 2.24) is 0 Å². The minimum Gasteiger partial charge on any atom is -0.748 e. The molecular formula is C56H71N2NaO12S2Y15-2. The molecule has 14 nitrogen and oxygen atoms in total. The zero-order valence-corrected chi connectivity index (χ0v) is 98.3. The summed E-state index contributed by atoms with van der Waals surface area (Å²) in [6, 6.07) is 16.1. The Hall–Kier alpha value is 13.3. The molecule has 0 spiro atoms. The number of hydrogen-bond acceptors (Lipinski definition) is 13. The number of anilines is 1. The molecule has 0 saturated carbocycles. The van der Waals surface area contributed by atoms with Crippen LogP contribution in [0.3, 0.4) is 0 Å². The van der Waals surface area contributed by atoms with Gasteiger partial charge in [0.25, 0.3) is 0 Å². The molecule has 5 aliphatic rings. The van der Waals surface area contributed by atoms with Gasteiger partial charge in [0, 0.05) is 538 Å². The van der Waals surface area contributed by atoms with E-state index in [-0.39, 0.29) is 552 Å². The summed E-state index contributed by atoms with van der Waals surface area (Å²) in [4.78, 5) is 2.20. The number of rotatable bonds is 18. The Bertz CT molecular complexity index is 3000. The van der Waals surface area contributed by atoms with Crippen molar-refractivity contribution < 1.29 is 581 Å². The maximum atomic E-state index is 12.0. The van der Waals surface area contributed by atoms with Gasteiger partial charge >= 0.3 is 29.6 Å². The zero-order chi connectivity index (χ0) is 51.9. The molecule has 0 aromatic heterocycles. The normalized spacial score (nSPS) is 21.5. The van der Waals surface area contributed by atoms with Crippen molar-refractivity contribution in [2.45, 2.75) is 160 Å². The first-order chi connectivity index (χ1) is 34.2. The van der Waals surface area contributed by atoms with Gasteiger partial charge in [0.05, 0.1) is 25.7 Å². The fraction of sp³-hybridized carbons (Fsp3) is 0.536. The number of benzene rings is 3. The van der Waals surface area contributed by atoms with Crippen molar-refractivity contribution >= 4 is 48.1 Å². The van der Waals surface area contributed by atoms with Gasteiger partial charge in [-0.15, -0.1) is 34.5 Å². The monoisotopic (exact) mass is 2380 g/mol. The number of aliphatic hydroxyl groups is 4. The van der Waals surface area contributed by atoms with Crippen molar-refractivity contribution in [3.8, 4) is 0 Å². The molecule has 3 aromatic rings. The molecule has 437 valence electrons. The van der Waals surface area contributed by atoms with Gasteiger partial charge in [0.2, 0.25) is 0 Å². The molecule has 3 heterocycles. The molecule has 88 heavy (non-hydrogen) atoms. The molecular weight excluding hydrogens is 2310 g/mol. The summed E-state index contributed by atoms with van der Waals surface area (Å²) in [5.74, 6) is -0.228. The molecule has 0 bridgehead atoms. The summed E-state index contributed by atoms with van der Waals surface area (Å²) in [7, 11) is -8.95. The smallest absolute Gasteiger partial charge is 0.748 e. The first-order valence-corrected chi connectivity index (χ1v) is 28.9. The van der Waals surface area contributed by atoms with Crippen LogP contribution in [0.25, 0.3) is 10.8 Å². The fourth-order valence-electron chi connectivity index (χ4n) is 12.5. The number of aryl methyl sites for hydroxylation is 1. The van der Waals surface area contributed by atoms with E-state index in [2.05, 4.69) is 105 Å². The van der Waals surface area contributed by atoms with E-state index in [1.165, 1.54) is 16.7 Å². The van der Waals surface area contributed by atoms with Crippen LogP contribution < -0.4 is 34.5 Å². The molecule has 2 aliphatic carbocycles. The Balaban J connectivity index is -0.000000557. The van der Waals surface area contributed by atoms with Crippen LogP contribution >= 0.6 is 0 Å². The molecule has 8 rings (SSSR count). The van der Waals surface area contributed by atoms with Crippen molar-refractivity contribution in [3.05, 3.63) is 124 Å². The van der Waals surface area contributed by atoms with E-state index in [0.29, 0.717) is 38.0 Å². The molecule has 3 aliphatic heterocycles. The summed E-state index contributed by atoms with van der Waals surface area (Å²) in [6.45, 7) is 13.2. The molecule has 4 N–H and O–H groups in total. The van der Waals surface area contributed by atoms with Gasteiger partial charge < -0.3 is 50.3 Å². The maximum absolute atomic E-state index is 12.0. The van der Waals surface area contributed by atoms with Crippen molar-refractivity contribution in [3.63, 3.8) is 0 Å². The van der Waals surface area contributed by atoms with Crippen molar-refractivity contribution in [2.24, 2.45) is 0 Å². The van der Waals surface area contributed by atoms with Crippen LogP contribution in [0.4, 0.5) is 11.4 Å². The van der Waals surface area contributed by atoms with Gasteiger partial charge in [-0.2, -0.15) is 12.8 Å². The van der Waals surface area contributed by atoms with Crippen LogP contribution in [0.5, 0.6) is 0 Å².